The molecule has 0 saturated carbocycles. The van der Waals surface area contributed by atoms with Crippen molar-refractivity contribution in [1.82, 2.24) is 10.2 Å². The fourth-order valence-electron chi connectivity index (χ4n) is 2.99. The molecule has 0 aliphatic heterocycles. The highest BCUT2D eigenvalue weighted by molar-refractivity contribution is 9.10. The number of nitrogens with one attached hydrogen (secondary N) is 1. The molecule has 0 spiro atoms. The van der Waals surface area contributed by atoms with Crippen LogP contribution in [0.1, 0.15) is 44.2 Å². The lowest BCUT2D eigenvalue weighted by Crippen LogP contribution is -2.47. The second kappa shape index (κ2) is 12.8. The van der Waals surface area contributed by atoms with Crippen LogP contribution >= 0.6 is 27.7 Å². The summed E-state index contributed by atoms with van der Waals surface area (Å²) < 4.78 is 0.961. The molecule has 1 N–H and O–H groups in total. The lowest BCUT2D eigenvalue weighted by atomic mass is 10.1. The highest BCUT2D eigenvalue weighted by Gasteiger charge is 2.25. The summed E-state index contributed by atoms with van der Waals surface area (Å²) in [5.41, 5.74) is 2.22. The van der Waals surface area contributed by atoms with Crippen molar-refractivity contribution in [2.24, 2.45) is 0 Å². The van der Waals surface area contributed by atoms with Crippen molar-refractivity contribution in [2.45, 2.75) is 57.5 Å². The summed E-state index contributed by atoms with van der Waals surface area (Å²) in [6.07, 6.45) is 2.34. The minimum Gasteiger partial charge on any atom is -0.354 e. The van der Waals surface area contributed by atoms with Crippen LogP contribution in [0.5, 0.6) is 0 Å². The fourth-order valence-corrected chi connectivity index (χ4v) is 4.27. The maximum Gasteiger partial charge on any atom is 0.242 e. The first-order valence-corrected chi connectivity index (χ1v) is 12.2. The molecule has 0 unspecified atom stereocenters. The van der Waals surface area contributed by atoms with E-state index in [1.54, 1.807) is 16.7 Å². The SMILES string of the molecule is CCCCNC(=O)[C@H](C)N(Cc1cccc(Br)c1)C(=O)CCSc1ccc(C)cc1. The molecule has 0 heterocycles. The highest BCUT2D eigenvalue weighted by atomic mass is 79.9. The molecule has 2 rings (SSSR count). The van der Waals surface area contributed by atoms with E-state index in [4.69, 9.17) is 0 Å². The van der Waals surface area contributed by atoms with Crippen molar-refractivity contribution in [3.63, 3.8) is 0 Å². The Hall–Kier alpha value is -1.79. The Morgan fingerprint density at radius 3 is 2.57 bits per heavy atom. The van der Waals surface area contributed by atoms with Crippen LogP contribution in [0.2, 0.25) is 0 Å². The Labute approximate surface area is 192 Å². The van der Waals surface area contributed by atoms with Gasteiger partial charge in [-0.05, 0) is 50.1 Å². The number of carbonyl (C=O) groups excluding carboxylic acids is 2. The first-order valence-electron chi connectivity index (χ1n) is 10.4. The Morgan fingerprint density at radius 2 is 1.90 bits per heavy atom. The predicted octanol–water partition coefficient (Wildman–Crippen LogP) is 5.57. The van der Waals surface area contributed by atoms with Gasteiger partial charge in [-0.1, -0.05) is 59.1 Å². The minimum atomic E-state index is -0.516. The second-order valence-electron chi connectivity index (χ2n) is 7.38. The van der Waals surface area contributed by atoms with Crippen LogP contribution in [-0.2, 0) is 16.1 Å². The summed E-state index contributed by atoms with van der Waals surface area (Å²) >= 11 is 5.15. The maximum absolute atomic E-state index is 13.1. The lowest BCUT2D eigenvalue weighted by Gasteiger charge is -2.29. The van der Waals surface area contributed by atoms with Crippen molar-refractivity contribution < 1.29 is 9.59 Å². The number of nitrogens with zero attached hydrogens (tertiary/aromatic N) is 1. The Bertz CT molecular complexity index is 826. The van der Waals surface area contributed by atoms with Crippen LogP contribution in [0.4, 0.5) is 0 Å². The largest absolute Gasteiger partial charge is 0.354 e. The number of amides is 2. The van der Waals surface area contributed by atoms with Gasteiger partial charge >= 0.3 is 0 Å². The number of rotatable bonds is 11. The molecule has 30 heavy (non-hydrogen) atoms. The lowest BCUT2D eigenvalue weighted by molar-refractivity contribution is -0.140. The van der Waals surface area contributed by atoms with E-state index in [9.17, 15) is 9.59 Å². The standard InChI is InChI=1S/C24H31BrN2O2S/c1-4-5-14-26-24(29)19(3)27(17-20-7-6-8-21(25)16-20)23(28)13-15-30-22-11-9-18(2)10-12-22/h6-12,16,19H,4-5,13-15,17H2,1-3H3,(H,26,29)/t19-/m0/s1. The van der Waals surface area contributed by atoms with Gasteiger partial charge in [-0.15, -0.1) is 11.8 Å². The average molecular weight is 491 g/mol. The summed E-state index contributed by atoms with van der Waals surface area (Å²) in [6, 6.07) is 15.7. The third-order valence-corrected chi connectivity index (χ3v) is 6.35. The van der Waals surface area contributed by atoms with E-state index in [1.807, 2.05) is 31.2 Å². The number of halogens is 1. The van der Waals surface area contributed by atoms with Crippen LogP contribution in [0.15, 0.2) is 57.9 Å². The molecule has 0 bridgehead atoms. The van der Waals surface area contributed by atoms with Gasteiger partial charge in [0.15, 0.2) is 0 Å². The summed E-state index contributed by atoms with van der Waals surface area (Å²) in [7, 11) is 0. The predicted molar refractivity (Wildman–Crippen MR) is 129 cm³/mol. The number of hydrogen-bond acceptors (Lipinski definition) is 3. The van der Waals surface area contributed by atoms with E-state index in [2.05, 4.69) is 59.4 Å². The maximum atomic E-state index is 13.1. The fraction of sp³-hybridized carbons (Fsp3) is 0.417. The molecule has 162 valence electrons. The molecule has 4 nitrogen and oxygen atoms in total. The van der Waals surface area contributed by atoms with Crippen molar-refractivity contribution >= 4 is 39.5 Å². The molecule has 0 fully saturated rings. The first kappa shape index (κ1) is 24.5. The van der Waals surface area contributed by atoms with Crippen molar-refractivity contribution in [3.05, 3.63) is 64.1 Å². The Balaban J connectivity index is 2.03. The van der Waals surface area contributed by atoms with Crippen LogP contribution in [0, 0.1) is 6.92 Å². The molecule has 2 aromatic carbocycles. The van der Waals surface area contributed by atoms with E-state index in [0.29, 0.717) is 25.3 Å². The molecular formula is C24H31BrN2O2S. The smallest absolute Gasteiger partial charge is 0.242 e. The van der Waals surface area contributed by atoms with Crippen molar-refractivity contribution in [2.75, 3.05) is 12.3 Å². The third-order valence-electron chi connectivity index (χ3n) is 4.84. The monoisotopic (exact) mass is 490 g/mol. The zero-order valence-corrected chi connectivity index (χ0v) is 20.4. The van der Waals surface area contributed by atoms with Gasteiger partial charge in [0.2, 0.25) is 11.8 Å². The molecule has 0 aliphatic carbocycles. The second-order valence-corrected chi connectivity index (χ2v) is 9.47. The van der Waals surface area contributed by atoms with Gasteiger partial charge in [-0.25, -0.2) is 0 Å². The Kier molecular flexibility index (Phi) is 10.4. The summed E-state index contributed by atoms with van der Waals surface area (Å²) in [4.78, 5) is 28.5. The molecule has 2 amide bonds. The molecule has 2 aromatic rings. The first-order chi connectivity index (χ1) is 14.4. The zero-order valence-electron chi connectivity index (χ0n) is 18.0. The van der Waals surface area contributed by atoms with E-state index in [0.717, 1.165) is 27.8 Å². The molecule has 0 saturated heterocycles. The van der Waals surface area contributed by atoms with E-state index in [-0.39, 0.29) is 11.8 Å². The molecular weight excluding hydrogens is 460 g/mol. The number of aryl methyl sites for hydroxylation is 1. The van der Waals surface area contributed by atoms with E-state index < -0.39 is 6.04 Å². The van der Waals surface area contributed by atoms with Crippen LogP contribution in [0.25, 0.3) is 0 Å². The van der Waals surface area contributed by atoms with Crippen molar-refractivity contribution in [1.29, 1.82) is 0 Å². The van der Waals surface area contributed by atoms with Gasteiger partial charge in [0.05, 0.1) is 0 Å². The molecule has 0 aromatic heterocycles. The van der Waals surface area contributed by atoms with Gasteiger partial charge in [0, 0.05) is 34.6 Å². The number of unbranched alkanes of at least 4 members (excludes halogenated alkanes) is 1. The average Bonchev–Trinajstić information content (AvgIpc) is 2.73. The highest BCUT2D eigenvalue weighted by Crippen LogP contribution is 2.21. The van der Waals surface area contributed by atoms with E-state index >= 15 is 0 Å². The van der Waals surface area contributed by atoms with Gasteiger partial charge in [0.1, 0.15) is 6.04 Å². The zero-order chi connectivity index (χ0) is 21.9. The molecule has 1 atom stereocenters. The van der Waals surface area contributed by atoms with Gasteiger partial charge in [-0.2, -0.15) is 0 Å². The number of benzene rings is 2. The van der Waals surface area contributed by atoms with E-state index in [1.165, 1.54) is 5.56 Å². The van der Waals surface area contributed by atoms with Gasteiger partial charge in [0.25, 0.3) is 0 Å². The number of hydrogen-bond donors (Lipinski definition) is 1. The molecule has 6 heteroatoms. The summed E-state index contributed by atoms with van der Waals surface area (Å²) in [5, 5.41) is 2.96. The normalized spacial score (nSPS) is 11.7. The Morgan fingerprint density at radius 1 is 1.17 bits per heavy atom. The molecule has 0 radical (unpaired) electrons. The summed E-state index contributed by atoms with van der Waals surface area (Å²) in [6.45, 7) is 7.01. The molecule has 0 aliphatic rings. The number of thioether (sulfide) groups is 1. The minimum absolute atomic E-state index is 0.00673. The number of carbonyl (C=O) groups is 2. The third kappa shape index (κ3) is 8.15. The van der Waals surface area contributed by atoms with Crippen molar-refractivity contribution in [3.8, 4) is 0 Å². The van der Waals surface area contributed by atoms with Gasteiger partial charge in [-0.3, -0.25) is 9.59 Å². The van der Waals surface area contributed by atoms with Gasteiger partial charge < -0.3 is 10.2 Å². The van der Waals surface area contributed by atoms with Crippen LogP contribution in [-0.4, -0.2) is 35.1 Å². The van der Waals surface area contributed by atoms with Crippen LogP contribution in [0.3, 0.4) is 0 Å². The quantitative estimate of drug-likeness (QED) is 0.330. The van der Waals surface area contributed by atoms with Crippen LogP contribution < -0.4 is 5.32 Å². The topological polar surface area (TPSA) is 49.4 Å². The summed E-state index contributed by atoms with van der Waals surface area (Å²) in [5.74, 6) is 0.576.